The molecule has 0 spiro atoms. The number of nitrogens with zero attached hydrogens (tertiary/aromatic N) is 2. The first kappa shape index (κ1) is 22.4. The van der Waals surface area contributed by atoms with Crippen molar-refractivity contribution in [2.45, 2.75) is 46.2 Å². The summed E-state index contributed by atoms with van der Waals surface area (Å²) in [6, 6.07) is 14.0. The molecule has 2 nitrogen and oxygen atoms in total. The Morgan fingerprint density at radius 2 is 1.84 bits per heavy atom. The van der Waals surface area contributed by atoms with Crippen LogP contribution in [0.2, 0.25) is 0 Å². The Bertz CT molecular complexity index is 1100. The summed E-state index contributed by atoms with van der Waals surface area (Å²) in [6.07, 6.45) is 0.667. The number of halogens is 3. The van der Waals surface area contributed by atoms with E-state index < -0.39 is 11.7 Å². The molecule has 2 aromatic carbocycles. The molecule has 0 fully saturated rings. The molecule has 1 atom stereocenters. The molecule has 0 N–H and O–H groups in total. The molecule has 0 aliphatic carbocycles. The standard InChI is InChI=1S/C27H29F3N2/c1-4-5-11-32-17-18(2)12-22-10-9-21(15-26(22)32)25-14-23(16-31-19(25)3)20-7-6-8-24(13-20)27(28,29)30/h6-10,13-16,18H,4-5,11-12,17H2,1-3H3. The van der Waals surface area contributed by atoms with Crippen molar-refractivity contribution in [3.05, 3.63) is 71.5 Å². The van der Waals surface area contributed by atoms with Crippen LogP contribution < -0.4 is 4.90 Å². The lowest BCUT2D eigenvalue weighted by molar-refractivity contribution is -0.137. The number of alkyl halides is 3. The van der Waals surface area contributed by atoms with Gasteiger partial charge in [0.15, 0.2) is 0 Å². The fraction of sp³-hybridized carbons (Fsp3) is 0.370. The van der Waals surface area contributed by atoms with Crippen molar-refractivity contribution in [3.63, 3.8) is 0 Å². The third-order valence-corrected chi connectivity index (χ3v) is 6.23. The van der Waals surface area contributed by atoms with E-state index in [2.05, 4.69) is 41.9 Å². The first-order valence-corrected chi connectivity index (χ1v) is 11.3. The molecule has 2 heterocycles. The van der Waals surface area contributed by atoms with E-state index in [-0.39, 0.29) is 0 Å². The highest BCUT2D eigenvalue weighted by atomic mass is 19.4. The summed E-state index contributed by atoms with van der Waals surface area (Å²) in [7, 11) is 0. The molecule has 0 amide bonds. The number of anilines is 1. The molecule has 1 aromatic heterocycles. The third-order valence-electron chi connectivity index (χ3n) is 6.23. The summed E-state index contributed by atoms with van der Waals surface area (Å²) in [5, 5.41) is 0. The van der Waals surface area contributed by atoms with Crippen LogP contribution in [0.5, 0.6) is 0 Å². The topological polar surface area (TPSA) is 16.1 Å². The van der Waals surface area contributed by atoms with Crippen LogP contribution in [-0.4, -0.2) is 18.1 Å². The van der Waals surface area contributed by atoms with Crippen molar-refractivity contribution < 1.29 is 13.2 Å². The average molecular weight is 439 g/mol. The summed E-state index contributed by atoms with van der Waals surface area (Å²) < 4.78 is 39.6. The van der Waals surface area contributed by atoms with E-state index in [0.717, 1.165) is 55.2 Å². The lowest BCUT2D eigenvalue weighted by atomic mass is 9.90. The zero-order valence-electron chi connectivity index (χ0n) is 18.8. The second kappa shape index (κ2) is 8.97. The third kappa shape index (κ3) is 4.67. The van der Waals surface area contributed by atoms with E-state index in [1.54, 1.807) is 12.3 Å². The van der Waals surface area contributed by atoms with Crippen LogP contribution in [0.15, 0.2) is 54.7 Å². The maximum absolute atomic E-state index is 13.2. The van der Waals surface area contributed by atoms with Crippen LogP contribution in [0.4, 0.5) is 18.9 Å². The van der Waals surface area contributed by atoms with Crippen molar-refractivity contribution in [3.8, 4) is 22.3 Å². The van der Waals surface area contributed by atoms with Gasteiger partial charge in [0.25, 0.3) is 0 Å². The van der Waals surface area contributed by atoms with Gasteiger partial charge in [-0.25, -0.2) is 0 Å². The summed E-state index contributed by atoms with van der Waals surface area (Å²) >= 11 is 0. The highest BCUT2D eigenvalue weighted by Crippen LogP contribution is 2.37. The summed E-state index contributed by atoms with van der Waals surface area (Å²) in [5.41, 5.74) is 6.07. The molecule has 0 bridgehead atoms. The Labute approximate surface area is 188 Å². The number of benzene rings is 2. The van der Waals surface area contributed by atoms with Crippen LogP contribution in [0.25, 0.3) is 22.3 Å². The zero-order valence-corrected chi connectivity index (χ0v) is 18.8. The quantitative estimate of drug-likeness (QED) is 0.409. The van der Waals surface area contributed by atoms with Gasteiger partial charge in [0.2, 0.25) is 0 Å². The predicted octanol–water partition coefficient (Wildman–Crippen LogP) is 7.54. The molecule has 0 radical (unpaired) electrons. The normalized spacial score (nSPS) is 16.2. The summed E-state index contributed by atoms with van der Waals surface area (Å²) in [6.45, 7) is 8.54. The van der Waals surface area contributed by atoms with E-state index >= 15 is 0 Å². The highest BCUT2D eigenvalue weighted by Gasteiger charge is 2.30. The Morgan fingerprint density at radius 3 is 2.59 bits per heavy atom. The molecule has 1 unspecified atom stereocenters. The minimum Gasteiger partial charge on any atom is -0.371 e. The fourth-order valence-corrected chi connectivity index (χ4v) is 4.53. The molecule has 0 saturated heterocycles. The van der Waals surface area contributed by atoms with Crippen molar-refractivity contribution >= 4 is 5.69 Å². The monoisotopic (exact) mass is 438 g/mol. The number of fused-ring (bicyclic) bond motifs is 1. The van der Waals surface area contributed by atoms with Crippen molar-refractivity contribution in [2.24, 2.45) is 5.92 Å². The van der Waals surface area contributed by atoms with Crippen LogP contribution in [0.3, 0.4) is 0 Å². The summed E-state index contributed by atoms with van der Waals surface area (Å²) in [5.74, 6) is 0.623. The van der Waals surface area contributed by atoms with Gasteiger partial charge in [-0.05, 0) is 66.6 Å². The first-order valence-electron chi connectivity index (χ1n) is 11.3. The SMILES string of the molecule is CCCCN1CC(C)Cc2ccc(-c3cc(-c4cccc(C(F)(F)F)c4)cnc3C)cc21. The maximum atomic E-state index is 13.2. The van der Waals surface area contributed by atoms with E-state index in [0.29, 0.717) is 17.0 Å². The summed E-state index contributed by atoms with van der Waals surface area (Å²) in [4.78, 5) is 7.00. The minimum atomic E-state index is -4.37. The predicted molar refractivity (Wildman–Crippen MR) is 125 cm³/mol. The second-order valence-electron chi connectivity index (χ2n) is 8.89. The molecule has 1 aliphatic heterocycles. The molecule has 3 aromatic rings. The van der Waals surface area contributed by atoms with Crippen LogP contribution in [0, 0.1) is 12.8 Å². The first-order chi connectivity index (χ1) is 15.3. The lowest BCUT2D eigenvalue weighted by Crippen LogP contribution is -2.35. The smallest absolute Gasteiger partial charge is 0.371 e. The van der Waals surface area contributed by atoms with Gasteiger partial charge >= 0.3 is 6.18 Å². The molecule has 0 saturated carbocycles. The average Bonchev–Trinajstić information content (AvgIpc) is 2.77. The van der Waals surface area contributed by atoms with Crippen LogP contribution >= 0.6 is 0 Å². The van der Waals surface area contributed by atoms with Gasteiger partial charge in [-0.3, -0.25) is 4.98 Å². The van der Waals surface area contributed by atoms with Crippen LogP contribution in [-0.2, 0) is 12.6 Å². The minimum absolute atomic E-state index is 0.518. The van der Waals surface area contributed by atoms with Gasteiger partial charge < -0.3 is 4.90 Å². The van der Waals surface area contributed by atoms with Crippen LogP contribution in [0.1, 0.15) is 43.5 Å². The number of pyridine rings is 1. The van der Waals surface area contributed by atoms with Gasteiger partial charge in [0.05, 0.1) is 5.56 Å². The van der Waals surface area contributed by atoms with Gasteiger partial charge in [-0.1, -0.05) is 44.5 Å². The zero-order chi connectivity index (χ0) is 22.9. The fourth-order valence-electron chi connectivity index (χ4n) is 4.53. The molecular formula is C27H29F3N2. The lowest BCUT2D eigenvalue weighted by Gasteiger charge is -2.35. The molecule has 5 heteroatoms. The van der Waals surface area contributed by atoms with E-state index in [1.807, 2.05) is 13.0 Å². The van der Waals surface area contributed by atoms with Gasteiger partial charge in [0.1, 0.15) is 0 Å². The van der Waals surface area contributed by atoms with Gasteiger partial charge in [-0.2, -0.15) is 13.2 Å². The Hall–Kier alpha value is -2.82. The van der Waals surface area contributed by atoms with E-state index in [4.69, 9.17) is 0 Å². The number of hydrogen-bond acceptors (Lipinski definition) is 2. The Morgan fingerprint density at radius 1 is 1.03 bits per heavy atom. The Kier molecular flexibility index (Phi) is 6.27. The molecule has 32 heavy (non-hydrogen) atoms. The van der Waals surface area contributed by atoms with Crippen molar-refractivity contribution in [2.75, 3.05) is 18.0 Å². The molecular weight excluding hydrogens is 409 g/mol. The van der Waals surface area contributed by atoms with Gasteiger partial charge in [-0.15, -0.1) is 0 Å². The largest absolute Gasteiger partial charge is 0.416 e. The highest BCUT2D eigenvalue weighted by molar-refractivity contribution is 5.77. The van der Waals surface area contributed by atoms with Crippen molar-refractivity contribution in [1.29, 1.82) is 0 Å². The maximum Gasteiger partial charge on any atom is 0.416 e. The second-order valence-corrected chi connectivity index (χ2v) is 8.89. The molecule has 168 valence electrons. The van der Waals surface area contributed by atoms with E-state index in [1.165, 1.54) is 23.4 Å². The number of rotatable bonds is 5. The van der Waals surface area contributed by atoms with Crippen molar-refractivity contribution in [1.82, 2.24) is 4.98 Å². The number of hydrogen-bond donors (Lipinski definition) is 0. The van der Waals surface area contributed by atoms with Gasteiger partial charge in [0, 0.05) is 41.8 Å². The number of aryl methyl sites for hydroxylation is 1. The van der Waals surface area contributed by atoms with E-state index in [9.17, 15) is 13.2 Å². The molecule has 1 aliphatic rings. The number of aromatic nitrogens is 1. The molecule has 4 rings (SSSR count). The Balaban J connectivity index is 1.74. The number of unbranched alkanes of at least 4 members (excludes halogenated alkanes) is 1.